The van der Waals surface area contributed by atoms with Gasteiger partial charge in [-0.15, -0.1) is 21.5 Å². The number of thioether (sulfide) groups is 1. The van der Waals surface area contributed by atoms with Gasteiger partial charge < -0.3 is 4.42 Å². The summed E-state index contributed by atoms with van der Waals surface area (Å²) < 4.78 is 6.01. The van der Waals surface area contributed by atoms with Gasteiger partial charge in [0.25, 0.3) is 10.9 Å². The molecule has 0 radical (unpaired) electrons. The van der Waals surface area contributed by atoms with Crippen molar-refractivity contribution in [1.29, 1.82) is 0 Å². The number of hydrogen-bond donors (Lipinski definition) is 0. The predicted molar refractivity (Wildman–Crippen MR) is 164 cm³/mol. The average Bonchev–Trinajstić information content (AvgIpc) is 3.65. The summed E-state index contributed by atoms with van der Waals surface area (Å²) in [6.45, 7) is 6.45. The van der Waals surface area contributed by atoms with E-state index in [1.54, 1.807) is 18.2 Å². The fourth-order valence-corrected chi connectivity index (χ4v) is 5.80. The molecule has 208 valence electrons. The standard InChI is InChI=1S/C31H29N5O3S2/c1-20(2)17-22-13-15-23(16-14-22)21(3)29-34-35-31(39-29)41-19-27(25-11-7-8-12-28(25)36(37)38)33-30-32-26(18-40-30)24-9-5-4-6-10-24/h4-16,18,20-21H,17,19H2,1-3H3. The Hall–Kier alpha value is -4.15. The average molecular weight is 584 g/mol. The summed E-state index contributed by atoms with van der Waals surface area (Å²) in [4.78, 5) is 20.8. The second-order valence-electron chi connectivity index (χ2n) is 9.97. The number of hydrogen-bond acceptors (Lipinski definition) is 9. The lowest BCUT2D eigenvalue weighted by Crippen LogP contribution is -2.08. The summed E-state index contributed by atoms with van der Waals surface area (Å²) >= 11 is 2.68. The summed E-state index contributed by atoms with van der Waals surface area (Å²) in [6.07, 6.45) is 1.04. The largest absolute Gasteiger partial charge is 0.415 e. The van der Waals surface area contributed by atoms with Crippen LogP contribution in [0.25, 0.3) is 11.3 Å². The van der Waals surface area contributed by atoms with Gasteiger partial charge >= 0.3 is 0 Å². The van der Waals surface area contributed by atoms with Gasteiger partial charge in [-0.25, -0.2) is 9.98 Å². The highest BCUT2D eigenvalue weighted by atomic mass is 32.2. The Morgan fingerprint density at radius 2 is 1.73 bits per heavy atom. The van der Waals surface area contributed by atoms with Crippen LogP contribution in [0.1, 0.15) is 49.3 Å². The van der Waals surface area contributed by atoms with Gasteiger partial charge in [0, 0.05) is 22.8 Å². The van der Waals surface area contributed by atoms with Crippen molar-refractivity contribution in [2.75, 3.05) is 5.75 Å². The molecule has 41 heavy (non-hydrogen) atoms. The molecule has 0 aliphatic carbocycles. The van der Waals surface area contributed by atoms with E-state index < -0.39 is 4.92 Å². The van der Waals surface area contributed by atoms with E-state index in [-0.39, 0.29) is 17.4 Å². The first-order valence-electron chi connectivity index (χ1n) is 13.2. The molecule has 0 fully saturated rings. The molecule has 2 heterocycles. The van der Waals surface area contributed by atoms with Crippen molar-refractivity contribution in [2.45, 2.75) is 38.3 Å². The monoisotopic (exact) mass is 583 g/mol. The molecule has 0 aliphatic heterocycles. The van der Waals surface area contributed by atoms with E-state index in [1.807, 2.05) is 42.6 Å². The highest BCUT2D eigenvalue weighted by molar-refractivity contribution is 7.99. The molecular weight excluding hydrogens is 555 g/mol. The summed E-state index contributed by atoms with van der Waals surface area (Å²) in [6, 6.07) is 24.9. The Labute approximate surface area is 246 Å². The number of aromatic nitrogens is 3. The van der Waals surface area contributed by atoms with Crippen molar-refractivity contribution in [2.24, 2.45) is 10.9 Å². The molecule has 0 N–H and O–H groups in total. The molecule has 0 aliphatic rings. The van der Waals surface area contributed by atoms with Crippen LogP contribution in [0.15, 0.2) is 98.9 Å². The lowest BCUT2D eigenvalue weighted by Gasteiger charge is -2.09. The maximum Gasteiger partial charge on any atom is 0.278 e. The van der Waals surface area contributed by atoms with Gasteiger partial charge in [-0.05, 0) is 36.5 Å². The smallest absolute Gasteiger partial charge is 0.278 e. The van der Waals surface area contributed by atoms with Gasteiger partial charge in [-0.3, -0.25) is 10.1 Å². The highest BCUT2D eigenvalue weighted by Crippen LogP contribution is 2.31. The van der Waals surface area contributed by atoms with Crippen LogP contribution >= 0.6 is 23.1 Å². The van der Waals surface area contributed by atoms with Crippen LogP contribution in [0.2, 0.25) is 0 Å². The molecule has 5 aromatic rings. The van der Waals surface area contributed by atoms with Crippen LogP contribution in [-0.2, 0) is 6.42 Å². The molecule has 5 rings (SSSR count). The summed E-state index contributed by atoms with van der Waals surface area (Å²) in [5.74, 6) is 1.33. The van der Waals surface area contributed by atoms with E-state index in [4.69, 9.17) is 9.41 Å². The zero-order valence-corrected chi connectivity index (χ0v) is 24.6. The summed E-state index contributed by atoms with van der Waals surface area (Å²) in [5.41, 5.74) is 5.09. The number of nitro benzene ring substituents is 1. The van der Waals surface area contributed by atoms with Gasteiger partial charge in [0.2, 0.25) is 11.0 Å². The molecule has 1 atom stereocenters. The van der Waals surface area contributed by atoms with Crippen molar-refractivity contribution in [1.82, 2.24) is 15.2 Å². The molecule has 0 saturated carbocycles. The molecule has 0 bridgehead atoms. The third-order valence-corrected chi connectivity index (χ3v) is 8.02. The Morgan fingerprint density at radius 1 is 1.00 bits per heavy atom. The number of aliphatic imine (C=N–C) groups is 1. The normalized spacial score (nSPS) is 12.5. The minimum atomic E-state index is -0.397. The maximum absolute atomic E-state index is 11.8. The maximum atomic E-state index is 11.8. The Bertz CT molecular complexity index is 1650. The Balaban J connectivity index is 1.37. The quantitative estimate of drug-likeness (QED) is 0.0665. The van der Waals surface area contributed by atoms with Crippen molar-refractivity contribution < 1.29 is 9.34 Å². The van der Waals surface area contributed by atoms with Crippen LogP contribution in [-0.4, -0.2) is 31.6 Å². The van der Waals surface area contributed by atoms with Crippen molar-refractivity contribution in [3.8, 4) is 11.3 Å². The van der Waals surface area contributed by atoms with Crippen molar-refractivity contribution in [3.63, 3.8) is 0 Å². The molecular formula is C31H29N5O3S2. The van der Waals surface area contributed by atoms with Crippen LogP contribution < -0.4 is 0 Å². The lowest BCUT2D eigenvalue weighted by atomic mass is 9.97. The Morgan fingerprint density at radius 3 is 2.46 bits per heavy atom. The van der Waals surface area contributed by atoms with E-state index >= 15 is 0 Å². The molecule has 2 aromatic heterocycles. The summed E-state index contributed by atoms with van der Waals surface area (Å²) in [5, 5.41) is 23.2. The first kappa shape index (κ1) is 28.4. The number of rotatable bonds is 11. The molecule has 0 amide bonds. The molecule has 0 spiro atoms. The minimum Gasteiger partial charge on any atom is -0.415 e. The van der Waals surface area contributed by atoms with Crippen LogP contribution in [0, 0.1) is 16.0 Å². The highest BCUT2D eigenvalue weighted by Gasteiger charge is 2.21. The molecule has 8 nitrogen and oxygen atoms in total. The predicted octanol–water partition coefficient (Wildman–Crippen LogP) is 8.36. The molecule has 3 aromatic carbocycles. The van der Waals surface area contributed by atoms with Crippen molar-refractivity contribution >= 4 is 39.6 Å². The SMILES string of the molecule is CC(C)Cc1ccc(C(C)c2nnc(SCC(=Nc3nc(-c4ccccc4)cs3)c3ccccc3[N+](=O)[O-])o2)cc1. The third kappa shape index (κ3) is 7.14. The van der Waals surface area contributed by atoms with Crippen LogP contribution in [0.5, 0.6) is 0 Å². The van der Waals surface area contributed by atoms with Gasteiger partial charge in [0.05, 0.1) is 27.8 Å². The van der Waals surface area contributed by atoms with Gasteiger partial charge in [0.1, 0.15) is 0 Å². The fourth-order valence-electron chi connectivity index (χ4n) is 4.36. The van der Waals surface area contributed by atoms with Crippen LogP contribution in [0.4, 0.5) is 10.8 Å². The number of nitrogens with zero attached hydrogens (tertiary/aromatic N) is 5. The number of nitro groups is 1. The lowest BCUT2D eigenvalue weighted by molar-refractivity contribution is -0.385. The number of benzene rings is 3. The van der Waals surface area contributed by atoms with E-state index in [0.717, 1.165) is 23.2 Å². The molecule has 0 saturated heterocycles. The topological polar surface area (TPSA) is 107 Å². The number of thiazole rings is 1. The fraction of sp³-hybridized carbons (Fsp3) is 0.226. The van der Waals surface area contributed by atoms with E-state index in [9.17, 15) is 10.1 Å². The van der Waals surface area contributed by atoms with Gasteiger partial charge in [-0.1, -0.05) is 92.3 Å². The van der Waals surface area contributed by atoms with Gasteiger partial charge in [-0.2, -0.15) is 0 Å². The zero-order chi connectivity index (χ0) is 28.8. The van der Waals surface area contributed by atoms with E-state index in [1.165, 1.54) is 34.7 Å². The summed E-state index contributed by atoms with van der Waals surface area (Å²) in [7, 11) is 0. The zero-order valence-electron chi connectivity index (χ0n) is 22.9. The molecule has 1 unspecified atom stereocenters. The van der Waals surface area contributed by atoms with Crippen molar-refractivity contribution in [3.05, 3.63) is 117 Å². The first-order valence-corrected chi connectivity index (χ1v) is 15.1. The second kappa shape index (κ2) is 13.0. The molecule has 10 heteroatoms. The number of para-hydroxylation sites is 1. The van der Waals surface area contributed by atoms with Crippen LogP contribution in [0.3, 0.4) is 0 Å². The third-order valence-electron chi connectivity index (χ3n) is 6.45. The minimum absolute atomic E-state index is 0.0209. The first-order chi connectivity index (χ1) is 19.9. The van der Waals surface area contributed by atoms with Gasteiger partial charge in [0.15, 0.2) is 0 Å². The second-order valence-corrected chi connectivity index (χ2v) is 11.7. The van der Waals surface area contributed by atoms with E-state index in [2.05, 4.69) is 53.3 Å². The van der Waals surface area contributed by atoms with E-state index in [0.29, 0.717) is 33.4 Å². The Kier molecular flexibility index (Phi) is 9.01.